The second kappa shape index (κ2) is 10.2. The first-order valence-corrected chi connectivity index (χ1v) is 13.9. The average molecular weight is 525 g/mol. The molecule has 0 bridgehead atoms. The number of halogens is 2. The van der Waals surface area contributed by atoms with Crippen LogP contribution in [0.2, 0.25) is 10.0 Å². The predicted molar refractivity (Wildman–Crippen MR) is 135 cm³/mol. The van der Waals surface area contributed by atoms with Gasteiger partial charge in [-0.05, 0) is 48.9 Å². The fourth-order valence-corrected chi connectivity index (χ4v) is 6.68. The van der Waals surface area contributed by atoms with Crippen molar-refractivity contribution in [2.45, 2.75) is 56.1 Å². The summed E-state index contributed by atoms with van der Waals surface area (Å²) < 4.78 is 28.0. The number of carbonyl (C=O) groups is 1. The van der Waals surface area contributed by atoms with E-state index < -0.39 is 15.7 Å². The standard InChI is InChI=1S/C25H31Cl2N3O3S/c1-3-18(2)17-30-24(31)23(15-19-7-5-4-6-8-19)28-25(30)11-13-29(14-12-25)34(32,33)20-9-10-21(26)22(27)16-20/h4-10,16,18,23,28H,3,11-15,17H2,1-2H3. The Bertz CT molecular complexity index is 1140. The van der Waals surface area contributed by atoms with E-state index in [4.69, 9.17) is 23.2 Å². The number of hydrogen-bond donors (Lipinski definition) is 1. The summed E-state index contributed by atoms with van der Waals surface area (Å²) >= 11 is 12.0. The van der Waals surface area contributed by atoms with Gasteiger partial charge in [-0.3, -0.25) is 10.1 Å². The molecule has 0 aliphatic carbocycles. The van der Waals surface area contributed by atoms with Crippen molar-refractivity contribution in [1.29, 1.82) is 0 Å². The number of piperidine rings is 1. The van der Waals surface area contributed by atoms with Crippen LogP contribution in [0.4, 0.5) is 0 Å². The fourth-order valence-electron chi connectivity index (χ4n) is 4.85. The van der Waals surface area contributed by atoms with Crippen LogP contribution >= 0.6 is 23.2 Å². The van der Waals surface area contributed by atoms with Crippen molar-refractivity contribution in [3.05, 3.63) is 64.1 Å². The monoisotopic (exact) mass is 523 g/mol. The molecule has 0 radical (unpaired) electrons. The Hall–Kier alpha value is -1.64. The number of rotatable bonds is 7. The lowest BCUT2D eigenvalue weighted by Gasteiger charge is -2.45. The molecule has 1 amide bonds. The Morgan fingerprint density at radius 1 is 1.09 bits per heavy atom. The molecule has 2 atom stereocenters. The predicted octanol–water partition coefficient (Wildman–Crippen LogP) is 4.56. The minimum Gasteiger partial charge on any atom is -0.323 e. The van der Waals surface area contributed by atoms with Gasteiger partial charge in [0.2, 0.25) is 15.9 Å². The lowest BCUT2D eigenvalue weighted by atomic mass is 9.95. The molecule has 184 valence electrons. The number of benzene rings is 2. The molecule has 0 aromatic heterocycles. The lowest BCUT2D eigenvalue weighted by Crippen LogP contribution is -2.60. The van der Waals surface area contributed by atoms with Crippen LogP contribution in [0, 0.1) is 5.92 Å². The third-order valence-corrected chi connectivity index (χ3v) is 9.71. The first-order chi connectivity index (χ1) is 16.2. The molecule has 1 N–H and O–H groups in total. The smallest absolute Gasteiger partial charge is 0.243 e. The highest BCUT2D eigenvalue weighted by Crippen LogP contribution is 2.36. The SMILES string of the molecule is CCC(C)CN1C(=O)C(Cc2ccccc2)NC12CCN(S(=O)(=O)c1ccc(Cl)c(Cl)c1)CC2. The van der Waals surface area contributed by atoms with Gasteiger partial charge in [-0.15, -0.1) is 0 Å². The van der Waals surface area contributed by atoms with Crippen LogP contribution in [0.1, 0.15) is 38.7 Å². The summed E-state index contributed by atoms with van der Waals surface area (Å²) in [6.07, 6.45) is 2.65. The summed E-state index contributed by atoms with van der Waals surface area (Å²) in [5, 5.41) is 4.16. The summed E-state index contributed by atoms with van der Waals surface area (Å²) in [5.74, 6) is 0.459. The van der Waals surface area contributed by atoms with E-state index in [9.17, 15) is 13.2 Å². The van der Waals surface area contributed by atoms with E-state index >= 15 is 0 Å². The highest BCUT2D eigenvalue weighted by molar-refractivity contribution is 7.89. The number of hydrogen-bond acceptors (Lipinski definition) is 4. The minimum atomic E-state index is -3.71. The number of amides is 1. The maximum atomic E-state index is 13.5. The second-order valence-electron chi connectivity index (χ2n) is 9.36. The van der Waals surface area contributed by atoms with Crippen LogP contribution in [0.25, 0.3) is 0 Å². The maximum Gasteiger partial charge on any atom is 0.243 e. The minimum absolute atomic E-state index is 0.102. The largest absolute Gasteiger partial charge is 0.323 e. The first kappa shape index (κ1) is 25.5. The van der Waals surface area contributed by atoms with Crippen molar-refractivity contribution < 1.29 is 13.2 Å². The molecule has 9 heteroatoms. The van der Waals surface area contributed by atoms with Crippen LogP contribution in [0.5, 0.6) is 0 Å². The number of nitrogens with zero attached hydrogens (tertiary/aromatic N) is 2. The third kappa shape index (κ3) is 5.00. The molecule has 2 aliphatic rings. The van der Waals surface area contributed by atoms with Crippen LogP contribution in [0.15, 0.2) is 53.4 Å². The van der Waals surface area contributed by atoms with Gasteiger partial charge in [0.25, 0.3) is 0 Å². The average Bonchev–Trinajstić information content (AvgIpc) is 3.06. The van der Waals surface area contributed by atoms with Gasteiger partial charge in [-0.1, -0.05) is 73.8 Å². The first-order valence-electron chi connectivity index (χ1n) is 11.7. The molecule has 0 saturated carbocycles. The number of nitrogens with one attached hydrogen (secondary N) is 1. The Kier molecular flexibility index (Phi) is 7.60. The molecule has 1 spiro atoms. The highest BCUT2D eigenvalue weighted by atomic mass is 35.5. The Labute approximate surface area is 212 Å². The van der Waals surface area contributed by atoms with Crippen LogP contribution in [-0.2, 0) is 21.2 Å². The van der Waals surface area contributed by atoms with Gasteiger partial charge in [0.1, 0.15) is 0 Å². The van der Waals surface area contributed by atoms with Gasteiger partial charge >= 0.3 is 0 Å². The fraction of sp³-hybridized carbons (Fsp3) is 0.480. The van der Waals surface area contributed by atoms with Crippen molar-refractivity contribution in [2.24, 2.45) is 5.92 Å². The van der Waals surface area contributed by atoms with Crippen molar-refractivity contribution in [2.75, 3.05) is 19.6 Å². The molecular formula is C25H31Cl2N3O3S. The molecular weight excluding hydrogens is 493 g/mol. The van der Waals surface area contributed by atoms with Crippen LogP contribution in [-0.4, -0.2) is 54.9 Å². The molecule has 6 nitrogen and oxygen atoms in total. The van der Waals surface area contributed by atoms with Gasteiger partial charge in [0.05, 0.1) is 26.6 Å². The van der Waals surface area contributed by atoms with Gasteiger partial charge in [0.15, 0.2) is 0 Å². The van der Waals surface area contributed by atoms with Gasteiger partial charge < -0.3 is 4.90 Å². The maximum absolute atomic E-state index is 13.5. The van der Waals surface area contributed by atoms with Gasteiger partial charge in [0, 0.05) is 19.6 Å². The molecule has 34 heavy (non-hydrogen) atoms. The topological polar surface area (TPSA) is 69.7 Å². The van der Waals surface area contributed by atoms with E-state index in [2.05, 4.69) is 19.2 Å². The van der Waals surface area contributed by atoms with Crippen molar-refractivity contribution in [1.82, 2.24) is 14.5 Å². The van der Waals surface area contributed by atoms with E-state index in [-0.39, 0.29) is 21.9 Å². The lowest BCUT2D eigenvalue weighted by molar-refractivity contribution is -0.134. The zero-order chi connectivity index (χ0) is 24.5. The zero-order valence-electron chi connectivity index (χ0n) is 19.5. The number of carbonyl (C=O) groups excluding carboxylic acids is 1. The normalized spacial score (nSPS) is 21.8. The molecule has 2 heterocycles. The van der Waals surface area contributed by atoms with E-state index in [1.807, 2.05) is 35.2 Å². The molecule has 2 saturated heterocycles. The zero-order valence-corrected chi connectivity index (χ0v) is 21.8. The van der Waals surface area contributed by atoms with Crippen molar-refractivity contribution >= 4 is 39.1 Å². The van der Waals surface area contributed by atoms with Crippen LogP contribution < -0.4 is 5.32 Å². The molecule has 2 fully saturated rings. The van der Waals surface area contributed by atoms with Gasteiger partial charge in [-0.2, -0.15) is 4.31 Å². The van der Waals surface area contributed by atoms with E-state index in [0.29, 0.717) is 49.8 Å². The quantitative estimate of drug-likeness (QED) is 0.577. The highest BCUT2D eigenvalue weighted by Gasteiger charge is 2.52. The molecule has 4 rings (SSSR count). The summed E-state index contributed by atoms with van der Waals surface area (Å²) in [7, 11) is -3.71. The van der Waals surface area contributed by atoms with Crippen LogP contribution in [0.3, 0.4) is 0 Å². The third-order valence-electron chi connectivity index (χ3n) is 7.08. The van der Waals surface area contributed by atoms with Crippen molar-refractivity contribution in [3.8, 4) is 0 Å². The second-order valence-corrected chi connectivity index (χ2v) is 12.1. The van der Waals surface area contributed by atoms with E-state index in [1.54, 1.807) is 0 Å². The number of sulfonamides is 1. The van der Waals surface area contributed by atoms with Gasteiger partial charge in [-0.25, -0.2) is 8.42 Å². The Morgan fingerprint density at radius 2 is 1.76 bits per heavy atom. The Balaban J connectivity index is 1.54. The van der Waals surface area contributed by atoms with Crippen molar-refractivity contribution in [3.63, 3.8) is 0 Å². The summed E-state index contributed by atoms with van der Waals surface area (Å²) in [4.78, 5) is 15.6. The molecule has 2 aromatic carbocycles. The van der Waals surface area contributed by atoms with E-state index in [1.165, 1.54) is 22.5 Å². The summed E-state index contributed by atoms with van der Waals surface area (Å²) in [6.45, 7) is 5.57. The molecule has 2 aromatic rings. The van der Waals surface area contributed by atoms with E-state index in [0.717, 1.165) is 12.0 Å². The summed E-state index contributed by atoms with van der Waals surface area (Å²) in [6, 6.07) is 14.1. The Morgan fingerprint density at radius 3 is 2.38 bits per heavy atom. The molecule has 2 unspecified atom stereocenters. The molecule has 2 aliphatic heterocycles. The summed E-state index contributed by atoms with van der Waals surface area (Å²) in [5.41, 5.74) is 0.567.